The molecule has 0 N–H and O–H groups in total. The predicted molar refractivity (Wildman–Crippen MR) is 36.2 cm³/mol. The van der Waals surface area contributed by atoms with Gasteiger partial charge < -0.3 is 4.74 Å². The summed E-state index contributed by atoms with van der Waals surface area (Å²) >= 11 is 5.37. The predicted octanol–water partition coefficient (Wildman–Crippen LogP) is 1.77. The fourth-order valence-corrected chi connectivity index (χ4v) is 0.384. The van der Waals surface area contributed by atoms with E-state index >= 15 is 0 Å². The fourth-order valence-electron chi connectivity index (χ4n) is 0.296. The second-order valence-electron chi connectivity index (χ2n) is 2.13. The number of hydrogen-bond donors (Lipinski definition) is 0. The van der Waals surface area contributed by atoms with Gasteiger partial charge >= 0.3 is 5.97 Å². The van der Waals surface area contributed by atoms with Gasteiger partial charge in [0, 0.05) is 0 Å². The van der Waals surface area contributed by atoms with E-state index in [1.54, 1.807) is 20.8 Å². The second-order valence-corrected chi connectivity index (χ2v) is 2.75. The lowest BCUT2D eigenvalue weighted by atomic mass is 10.2. The number of esters is 1. The maximum Gasteiger partial charge on any atom is 0.309 e. The first kappa shape index (κ1) is 8.76. The Morgan fingerprint density at radius 3 is 2.00 bits per heavy atom. The summed E-state index contributed by atoms with van der Waals surface area (Å²) in [6, 6.07) is 0. The van der Waals surface area contributed by atoms with Gasteiger partial charge in [0.2, 0.25) is 0 Å². The van der Waals surface area contributed by atoms with Crippen LogP contribution in [0.3, 0.4) is 0 Å². The Hall–Kier alpha value is -0.240. The fraction of sp³-hybridized carbons (Fsp3) is 0.833. The zero-order valence-corrected chi connectivity index (χ0v) is 6.61. The molecule has 0 heterocycles. The van der Waals surface area contributed by atoms with Crippen LogP contribution in [0.5, 0.6) is 0 Å². The third-order valence-corrected chi connectivity index (χ3v) is 0.839. The van der Waals surface area contributed by atoms with Crippen molar-refractivity contribution in [3.05, 3.63) is 0 Å². The average molecular weight is 151 g/mol. The minimum Gasteiger partial charge on any atom is -0.446 e. The first-order valence-corrected chi connectivity index (χ1v) is 3.32. The lowest BCUT2D eigenvalue weighted by molar-refractivity contribution is -0.148. The summed E-state index contributed by atoms with van der Waals surface area (Å²) in [4.78, 5) is 10.6. The molecule has 2 nitrogen and oxygen atoms in total. The quantitative estimate of drug-likeness (QED) is 0.443. The van der Waals surface area contributed by atoms with E-state index in [0.717, 1.165) is 0 Å². The highest BCUT2D eigenvalue weighted by molar-refractivity contribution is 6.19. The molecule has 0 aromatic heterocycles. The van der Waals surface area contributed by atoms with E-state index < -0.39 is 5.56 Å². The first-order valence-electron chi connectivity index (χ1n) is 2.88. The molecule has 0 radical (unpaired) electrons. The minimum absolute atomic E-state index is 0.0915. The molecule has 0 saturated carbocycles. The molecular formula is C6H11ClO2. The average Bonchev–Trinajstić information content (AvgIpc) is 1.63. The molecule has 0 fully saturated rings. The van der Waals surface area contributed by atoms with E-state index in [1.165, 1.54) is 0 Å². The summed E-state index contributed by atoms with van der Waals surface area (Å²) in [5.41, 5.74) is -0.514. The molecule has 0 saturated heterocycles. The van der Waals surface area contributed by atoms with Crippen LogP contribution in [0.15, 0.2) is 0 Å². The minimum atomic E-state index is -0.514. The normalized spacial score (nSPS) is 13.4. The Kier molecular flexibility index (Phi) is 3.62. The molecule has 0 aliphatic rings. The van der Waals surface area contributed by atoms with Crippen molar-refractivity contribution in [1.82, 2.24) is 0 Å². The molecule has 0 spiro atoms. The molecular weight excluding hydrogens is 140 g/mol. The molecule has 0 rings (SSSR count). The highest BCUT2D eigenvalue weighted by atomic mass is 35.5. The van der Waals surface area contributed by atoms with Crippen molar-refractivity contribution in [1.29, 1.82) is 0 Å². The van der Waals surface area contributed by atoms with Gasteiger partial charge in [-0.3, -0.25) is 4.79 Å². The van der Waals surface area contributed by atoms with Crippen LogP contribution in [0, 0.1) is 5.92 Å². The molecule has 0 aromatic rings. The number of ether oxygens (including phenoxy) is 1. The van der Waals surface area contributed by atoms with Gasteiger partial charge in [-0.1, -0.05) is 25.4 Å². The number of carbonyl (C=O) groups excluding carboxylic acids is 1. The molecule has 3 heteroatoms. The van der Waals surface area contributed by atoms with E-state index in [4.69, 9.17) is 11.6 Å². The topological polar surface area (TPSA) is 26.3 Å². The number of halogens is 1. The van der Waals surface area contributed by atoms with Crippen molar-refractivity contribution in [2.75, 3.05) is 0 Å². The van der Waals surface area contributed by atoms with Gasteiger partial charge in [-0.25, -0.2) is 0 Å². The van der Waals surface area contributed by atoms with Crippen LogP contribution in [0.4, 0.5) is 0 Å². The van der Waals surface area contributed by atoms with Crippen molar-refractivity contribution in [3.63, 3.8) is 0 Å². The van der Waals surface area contributed by atoms with Crippen molar-refractivity contribution < 1.29 is 9.53 Å². The molecule has 1 unspecified atom stereocenters. The summed E-state index contributed by atoms with van der Waals surface area (Å²) in [5, 5.41) is 0. The molecule has 0 aliphatic heterocycles. The zero-order chi connectivity index (χ0) is 7.44. The van der Waals surface area contributed by atoms with Gasteiger partial charge in [0.05, 0.1) is 5.92 Å². The van der Waals surface area contributed by atoms with Gasteiger partial charge in [0.25, 0.3) is 0 Å². The van der Waals surface area contributed by atoms with E-state index in [2.05, 4.69) is 4.74 Å². The summed E-state index contributed by atoms with van der Waals surface area (Å²) in [6.45, 7) is 5.14. The Balaban J connectivity index is 3.51. The van der Waals surface area contributed by atoms with Crippen LogP contribution in [0.1, 0.15) is 20.8 Å². The summed E-state index contributed by atoms with van der Waals surface area (Å²) < 4.78 is 4.64. The summed E-state index contributed by atoms with van der Waals surface area (Å²) in [5.74, 6) is -0.344. The largest absolute Gasteiger partial charge is 0.446 e. The number of carbonyl (C=O) groups is 1. The van der Waals surface area contributed by atoms with E-state index in [0.29, 0.717) is 0 Å². The van der Waals surface area contributed by atoms with Crippen molar-refractivity contribution in [2.24, 2.45) is 5.92 Å². The Labute approximate surface area is 60.1 Å². The van der Waals surface area contributed by atoms with Crippen LogP contribution < -0.4 is 0 Å². The summed E-state index contributed by atoms with van der Waals surface area (Å²) in [6.07, 6.45) is 0. The van der Waals surface area contributed by atoms with Crippen LogP contribution in [0.25, 0.3) is 0 Å². The SMILES string of the molecule is CC(Cl)OC(=O)C(C)C. The lowest BCUT2D eigenvalue weighted by Gasteiger charge is -2.07. The van der Waals surface area contributed by atoms with Gasteiger partial charge in [-0.2, -0.15) is 0 Å². The van der Waals surface area contributed by atoms with Crippen LogP contribution in [0.2, 0.25) is 0 Å². The Morgan fingerprint density at radius 2 is 1.89 bits per heavy atom. The van der Waals surface area contributed by atoms with Crippen LogP contribution >= 0.6 is 11.6 Å². The highest BCUT2D eigenvalue weighted by Gasteiger charge is 2.09. The third kappa shape index (κ3) is 4.28. The standard InChI is InChI=1S/C6H11ClO2/c1-4(2)6(8)9-5(3)7/h4-5H,1-3H3. The monoisotopic (exact) mass is 150 g/mol. The third-order valence-electron chi connectivity index (χ3n) is 0.750. The van der Waals surface area contributed by atoms with Crippen LogP contribution in [-0.2, 0) is 9.53 Å². The molecule has 9 heavy (non-hydrogen) atoms. The Morgan fingerprint density at radius 1 is 1.44 bits per heavy atom. The molecule has 0 aromatic carbocycles. The number of hydrogen-bond acceptors (Lipinski definition) is 2. The maximum atomic E-state index is 10.6. The van der Waals surface area contributed by atoms with E-state index in [-0.39, 0.29) is 11.9 Å². The van der Waals surface area contributed by atoms with Gasteiger partial charge in [-0.05, 0) is 6.92 Å². The summed E-state index contributed by atoms with van der Waals surface area (Å²) in [7, 11) is 0. The van der Waals surface area contributed by atoms with Gasteiger partial charge in [0.15, 0.2) is 5.56 Å². The van der Waals surface area contributed by atoms with E-state index in [9.17, 15) is 4.79 Å². The molecule has 0 aliphatic carbocycles. The molecule has 1 atom stereocenters. The van der Waals surface area contributed by atoms with Gasteiger partial charge in [-0.15, -0.1) is 0 Å². The van der Waals surface area contributed by atoms with Crippen molar-refractivity contribution in [3.8, 4) is 0 Å². The lowest BCUT2D eigenvalue weighted by Crippen LogP contribution is -2.14. The Bertz CT molecular complexity index is 99.2. The molecule has 54 valence electrons. The van der Waals surface area contributed by atoms with Gasteiger partial charge in [0.1, 0.15) is 0 Å². The number of alkyl halides is 1. The maximum absolute atomic E-state index is 10.6. The second kappa shape index (κ2) is 3.72. The first-order chi connectivity index (χ1) is 4.04. The zero-order valence-electron chi connectivity index (χ0n) is 5.85. The van der Waals surface area contributed by atoms with E-state index in [1.807, 2.05) is 0 Å². The van der Waals surface area contributed by atoms with Crippen molar-refractivity contribution >= 4 is 17.6 Å². The molecule has 0 bridgehead atoms. The number of rotatable bonds is 2. The van der Waals surface area contributed by atoms with Crippen molar-refractivity contribution in [2.45, 2.75) is 26.3 Å². The molecule has 0 amide bonds. The van der Waals surface area contributed by atoms with Crippen LogP contribution in [-0.4, -0.2) is 11.5 Å². The smallest absolute Gasteiger partial charge is 0.309 e. The highest BCUT2D eigenvalue weighted by Crippen LogP contribution is 2.02.